The monoisotopic (exact) mass is 245 g/mol. The van der Waals surface area contributed by atoms with Gasteiger partial charge in [-0.3, -0.25) is 0 Å². The highest BCUT2D eigenvalue weighted by molar-refractivity contribution is 5.16. The number of nitrogens with zero attached hydrogens (tertiary/aromatic N) is 3. The molecule has 0 spiro atoms. The molecule has 0 amide bonds. The molecule has 1 fully saturated rings. The van der Waals surface area contributed by atoms with E-state index in [4.69, 9.17) is 0 Å². The van der Waals surface area contributed by atoms with Gasteiger partial charge in [0.2, 0.25) is 0 Å². The minimum absolute atomic E-state index is 0.0813. The van der Waals surface area contributed by atoms with Crippen LogP contribution in [0.1, 0.15) is 30.1 Å². The molecule has 1 unspecified atom stereocenters. The molecule has 3 nitrogen and oxygen atoms in total. The average Bonchev–Trinajstić information content (AvgIpc) is 2.28. The molecule has 6 heteroatoms. The molecule has 0 aromatic carbocycles. The fourth-order valence-electron chi connectivity index (χ4n) is 2.16. The van der Waals surface area contributed by atoms with Crippen LogP contribution in [0.2, 0.25) is 0 Å². The van der Waals surface area contributed by atoms with E-state index in [-0.39, 0.29) is 5.92 Å². The van der Waals surface area contributed by atoms with Crippen molar-refractivity contribution in [1.29, 1.82) is 0 Å². The van der Waals surface area contributed by atoms with Gasteiger partial charge in [-0.2, -0.15) is 13.2 Å². The number of halogens is 3. The molecule has 0 radical (unpaired) electrons. The van der Waals surface area contributed by atoms with Crippen molar-refractivity contribution in [1.82, 2.24) is 14.9 Å². The van der Waals surface area contributed by atoms with Crippen LogP contribution in [0.5, 0.6) is 0 Å². The maximum absolute atomic E-state index is 12.5. The van der Waals surface area contributed by atoms with Crippen molar-refractivity contribution in [3.05, 3.63) is 23.8 Å². The van der Waals surface area contributed by atoms with E-state index in [1.165, 1.54) is 0 Å². The summed E-state index contributed by atoms with van der Waals surface area (Å²) >= 11 is 0. The summed E-state index contributed by atoms with van der Waals surface area (Å²) in [6.45, 7) is 1.75. The number of likely N-dealkylation sites (tertiary alicyclic amines) is 1. The van der Waals surface area contributed by atoms with Crippen molar-refractivity contribution >= 4 is 0 Å². The highest BCUT2D eigenvalue weighted by atomic mass is 19.4. The Morgan fingerprint density at radius 2 is 2.12 bits per heavy atom. The van der Waals surface area contributed by atoms with Gasteiger partial charge >= 0.3 is 6.18 Å². The highest BCUT2D eigenvalue weighted by Crippen LogP contribution is 2.30. The van der Waals surface area contributed by atoms with E-state index in [1.54, 1.807) is 0 Å². The molecule has 1 atom stereocenters. The molecular weight excluding hydrogens is 231 g/mol. The first-order chi connectivity index (χ1) is 7.97. The fraction of sp³-hybridized carbons (Fsp3) is 0.636. The molecule has 1 saturated heterocycles. The number of likely N-dealkylation sites (N-methyl/N-ethyl adjacent to an activating group) is 1. The van der Waals surface area contributed by atoms with Crippen molar-refractivity contribution in [3.63, 3.8) is 0 Å². The lowest BCUT2D eigenvalue weighted by Crippen LogP contribution is -2.31. The van der Waals surface area contributed by atoms with E-state index >= 15 is 0 Å². The zero-order valence-electron chi connectivity index (χ0n) is 9.54. The summed E-state index contributed by atoms with van der Waals surface area (Å²) in [4.78, 5) is 9.36. The summed E-state index contributed by atoms with van der Waals surface area (Å²) in [7, 11) is 1.97. The maximum atomic E-state index is 12.5. The first-order valence-electron chi connectivity index (χ1n) is 5.54. The molecule has 1 aromatic rings. The molecule has 1 aliphatic heterocycles. The van der Waals surface area contributed by atoms with Crippen LogP contribution in [0.25, 0.3) is 0 Å². The Morgan fingerprint density at radius 1 is 1.35 bits per heavy atom. The van der Waals surface area contributed by atoms with Gasteiger partial charge in [0.05, 0.1) is 0 Å². The molecule has 17 heavy (non-hydrogen) atoms. The summed E-state index contributed by atoms with van der Waals surface area (Å²) in [6, 6.07) is 1.07. The van der Waals surface area contributed by atoms with Crippen LogP contribution in [0, 0.1) is 0 Å². The summed E-state index contributed by atoms with van der Waals surface area (Å²) in [5.41, 5.74) is -0.352. The summed E-state index contributed by atoms with van der Waals surface area (Å²) < 4.78 is 37.5. The molecule has 1 aromatic heterocycles. The summed E-state index contributed by atoms with van der Waals surface area (Å²) in [5, 5.41) is 0. The normalized spacial score (nSPS) is 22.7. The minimum Gasteiger partial charge on any atom is -0.306 e. The quantitative estimate of drug-likeness (QED) is 0.760. The lowest BCUT2D eigenvalue weighted by atomic mass is 9.94. The summed E-state index contributed by atoms with van der Waals surface area (Å²) in [6.07, 6.45) is -1.50. The zero-order chi connectivity index (χ0) is 12.5. The first-order valence-corrected chi connectivity index (χ1v) is 5.54. The Morgan fingerprint density at radius 3 is 2.76 bits per heavy atom. The van der Waals surface area contributed by atoms with Gasteiger partial charge in [0.15, 0.2) is 0 Å². The third kappa shape index (κ3) is 2.94. The van der Waals surface area contributed by atoms with Crippen LogP contribution in [0.3, 0.4) is 0 Å². The zero-order valence-corrected chi connectivity index (χ0v) is 9.54. The van der Waals surface area contributed by atoms with Crippen molar-refractivity contribution in [3.8, 4) is 0 Å². The number of piperidine rings is 1. The number of hydrogen-bond donors (Lipinski definition) is 0. The second-order valence-electron chi connectivity index (χ2n) is 4.43. The van der Waals surface area contributed by atoms with Gasteiger partial charge in [0.25, 0.3) is 0 Å². The van der Waals surface area contributed by atoms with Gasteiger partial charge in [-0.1, -0.05) is 0 Å². The van der Waals surface area contributed by atoms with Crippen LogP contribution in [-0.4, -0.2) is 35.0 Å². The maximum Gasteiger partial charge on any atom is 0.433 e. The van der Waals surface area contributed by atoms with E-state index in [9.17, 15) is 13.2 Å². The van der Waals surface area contributed by atoms with E-state index in [0.29, 0.717) is 5.69 Å². The molecule has 0 bridgehead atoms. The number of rotatable bonds is 1. The smallest absolute Gasteiger partial charge is 0.306 e. The molecule has 0 aliphatic carbocycles. The van der Waals surface area contributed by atoms with Crippen molar-refractivity contribution in [2.24, 2.45) is 0 Å². The Kier molecular flexibility index (Phi) is 3.33. The van der Waals surface area contributed by atoms with Gasteiger partial charge in [-0.15, -0.1) is 0 Å². The Bertz CT molecular complexity index is 392. The van der Waals surface area contributed by atoms with Gasteiger partial charge in [0.1, 0.15) is 12.0 Å². The molecule has 0 saturated carbocycles. The minimum atomic E-state index is -4.39. The molecular formula is C11H14F3N3. The second kappa shape index (κ2) is 4.60. The van der Waals surface area contributed by atoms with Crippen LogP contribution in [0.15, 0.2) is 12.4 Å². The van der Waals surface area contributed by atoms with Crippen LogP contribution in [0.4, 0.5) is 13.2 Å². The molecule has 94 valence electrons. The molecule has 0 N–H and O–H groups in total. The van der Waals surface area contributed by atoms with Gasteiger partial charge < -0.3 is 4.90 Å². The van der Waals surface area contributed by atoms with E-state index in [0.717, 1.165) is 38.3 Å². The fourth-order valence-corrected chi connectivity index (χ4v) is 2.16. The standard InChI is InChI=1S/C11H14F3N3/c1-17-4-2-3-8(6-17)9-5-10(11(12,13)14)16-7-15-9/h5,7-8H,2-4,6H2,1H3. The van der Waals surface area contributed by atoms with E-state index in [2.05, 4.69) is 14.9 Å². The van der Waals surface area contributed by atoms with Crippen LogP contribution >= 0.6 is 0 Å². The van der Waals surface area contributed by atoms with Crippen molar-refractivity contribution < 1.29 is 13.2 Å². The number of alkyl halides is 3. The SMILES string of the molecule is CN1CCCC(c2cc(C(F)(F)F)ncn2)C1. The lowest BCUT2D eigenvalue weighted by molar-refractivity contribution is -0.141. The lowest BCUT2D eigenvalue weighted by Gasteiger charge is -2.29. The third-order valence-electron chi connectivity index (χ3n) is 3.02. The topological polar surface area (TPSA) is 29.0 Å². The van der Waals surface area contributed by atoms with E-state index in [1.807, 2.05) is 7.05 Å². The Labute approximate surface area is 97.7 Å². The molecule has 1 aliphatic rings. The molecule has 2 heterocycles. The van der Waals surface area contributed by atoms with E-state index < -0.39 is 11.9 Å². The van der Waals surface area contributed by atoms with Gasteiger partial charge in [-0.05, 0) is 32.5 Å². The van der Waals surface area contributed by atoms with Gasteiger partial charge in [-0.25, -0.2) is 9.97 Å². The van der Waals surface area contributed by atoms with Gasteiger partial charge in [0, 0.05) is 18.2 Å². The third-order valence-corrected chi connectivity index (χ3v) is 3.02. The molecule has 2 rings (SSSR count). The number of hydrogen-bond acceptors (Lipinski definition) is 3. The van der Waals surface area contributed by atoms with Crippen LogP contribution < -0.4 is 0 Å². The second-order valence-corrected chi connectivity index (χ2v) is 4.43. The predicted molar refractivity (Wildman–Crippen MR) is 56.5 cm³/mol. The number of aromatic nitrogens is 2. The van der Waals surface area contributed by atoms with Crippen molar-refractivity contribution in [2.75, 3.05) is 20.1 Å². The predicted octanol–water partition coefficient (Wildman–Crippen LogP) is 2.30. The Hall–Kier alpha value is -1.17. The average molecular weight is 245 g/mol. The highest BCUT2D eigenvalue weighted by Gasteiger charge is 2.33. The largest absolute Gasteiger partial charge is 0.433 e. The first kappa shape index (κ1) is 12.3. The summed E-state index contributed by atoms with van der Waals surface area (Å²) in [5.74, 6) is 0.0813. The Balaban J connectivity index is 2.21. The van der Waals surface area contributed by atoms with Crippen molar-refractivity contribution in [2.45, 2.75) is 24.9 Å². The van der Waals surface area contributed by atoms with Crippen LogP contribution in [-0.2, 0) is 6.18 Å².